The summed E-state index contributed by atoms with van der Waals surface area (Å²) in [7, 11) is -3.47. The summed E-state index contributed by atoms with van der Waals surface area (Å²) in [5.41, 5.74) is 4.59. The van der Waals surface area contributed by atoms with Gasteiger partial charge >= 0.3 is 0 Å². The third-order valence-electron chi connectivity index (χ3n) is 2.71. The Morgan fingerprint density at radius 3 is 2.56 bits per heavy atom. The van der Waals surface area contributed by atoms with E-state index in [2.05, 4.69) is 4.72 Å². The highest BCUT2D eigenvalue weighted by atomic mass is 32.2. The van der Waals surface area contributed by atoms with Gasteiger partial charge in [-0.1, -0.05) is 12.1 Å². The minimum absolute atomic E-state index is 0.309. The Balaban J connectivity index is 2.83. The van der Waals surface area contributed by atoms with Crippen LogP contribution in [0.15, 0.2) is 24.3 Å². The van der Waals surface area contributed by atoms with Gasteiger partial charge in [-0.15, -0.1) is 0 Å². The fraction of sp³-hybridized carbons (Fsp3) is 0.500. The SMILES string of the molecule is CC(C)S(=O)(=O)NCC(C)(F)c1cccc(N)c1. The number of hydrogen-bond donors (Lipinski definition) is 2. The number of anilines is 1. The Kier molecular flexibility index (Phi) is 4.34. The average Bonchev–Trinajstić information content (AvgIpc) is 2.26. The van der Waals surface area contributed by atoms with E-state index in [0.717, 1.165) is 0 Å². The number of alkyl halides is 1. The van der Waals surface area contributed by atoms with Crippen LogP contribution in [0.2, 0.25) is 0 Å². The van der Waals surface area contributed by atoms with E-state index in [-0.39, 0.29) is 6.54 Å². The van der Waals surface area contributed by atoms with Crippen LogP contribution in [0.1, 0.15) is 26.3 Å². The van der Waals surface area contributed by atoms with Gasteiger partial charge in [-0.3, -0.25) is 0 Å². The maximum atomic E-state index is 14.4. The summed E-state index contributed by atoms with van der Waals surface area (Å²) in [6.45, 7) is 4.10. The van der Waals surface area contributed by atoms with E-state index in [9.17, 15) is 12.8 Å². The molecule has 3 N–H and O–H groups in total. The summed E-state index contributed by atoms with van der Waals surface area (Å²) in [5.74, 6) is 0. The van der Waals surface area contributed by atoms with E-state index in [1.54, 1.807) is 32.0 Å². The lowest BCUT2D eigenvalue weighted by Gasteiger charge is -2.22. The molecule has 4 nitrogen and oxygen atoms in total. The topological polar surface area (TPSA) is 72.2 Å². The molecule has 0 bridgehead atoms. The number of sulfonamides is 1. The van der Waals surface area contributed by atoms with Crippen LogP contribution in [0, 0.1) is 0 Å². The predicted molar refractivity (Wildman–Crippen MR) is 71.4 cm³/mol. The summed E-state index contributed by atoms with van der Waals surface area (Å²) in [6.07, 6.45) is 0. The van der Waals surface area contributed by atoms with E-state index >= 15 is 0 Å². The van der Waals surface area contributed by atoms with Gasteiger partial charge in [0.15, 0.2) is 0 Å². The Morgan fingerprint density at radius 1 is 1.44 bits per heavy atom. The van der Waals surface area contributed by atoms with Gasteiger partial charge < -0.3 is 5.73 Å². The second kappa shape index (κ2) is 5.24. The molecule has 1 unspecified atom stereocenters. The van der Waals surface area contributed by atoms with Crippen LogP contribution >= 0.6 is 0 Å². The van der Waals surface area contributed by atoms with E-state index in [0.29, 0.717) is 11.3 Å². The molecule has 0 spiro atoms. The van der Waals surface area contributed by atoms with Crippen molar-refractivity contribution >= 4 is 15.7 Å². The number of nitrogens with two attached hydrogens (primary N) is 1. The van der Waals surface area contributed by atoms with Gasteiger partial charge in [-0.2, -0.15) is 0 Å². The molecular weight excluding hydrogens is 255 g/mol. The monoisotopic (exact) mass is 274 g/mol. The number of rotatable bonds is 5. The van der Waals surface area contributed by atoms with Crippen molar-refractivity contribution in [3.63, 3.8) is 0 Å². The lowest BCUT2D eigenvalue weighted by Crippen LogP contribution is -2.39. The number of hydrogen-bond acceptors (Lipinski definition) is 3. The van der Waals surface area contributed by atoms with Crippen LogP contribution < -0.4 is 10.5 Å². The fourth-order valence-corrected chi connectivity index (χ4v) is 2.17. The first-order chi connectivity index (χ1) is 8.15. The molecule has 102 valence electrons. The molecule has 0 saturated carbocycles. The van der Waals surface area contributed by atoms with Gasteiger partial charge in [-0.25, -0.2) is 17.5 Å². The molecule has 0 aliphatic carbocycles. The van der Waals surface area contributed by atoms with E-state index < -0.39 is 20.9 Å². The zero-order valence-electron chi connectivity index (χ0n) is 10.8. The summed E-state index contributed by atoms with van der Waals surface area (Å²) in [5, 5.41) is -0.589. The van der Waals surface area contributed by atoms with E-state index in [4.69, 9.17) is 5.73 Å². The first-order valence-corrected chi connectivity index (χ1v) is 7.23. The second-order valence-electron chi connectivity index (χ2n) is 4.74. The number of halogens is 1. The van der Waals surface area contributed by atoms with Crippen molar-refractivity contribution in [2.45, 2.75) is 31.7 Å². The highest BCUT2D eigenvalue weighted by Gasteiger charge is 2.28. The molecule has 1 atom stereocenters. The summed E-state index contributed by atoms with van der Waals surface area (Å²) in [6, 6.07) is 6.38. The predicted octanol–water partition coefficient (Wildman–Crippen LogP) is 1.78. The van der Waals surface area contributed by atoms with Crippen molar-refractivity contribution in [3.05, 3.63) is 29.8 Å². The van der Waals surface area contributed by atoms with Crippen LogP contribution in [0.5, 0.6) is 0 Å². The molecule has 6 heteroatoms. The van der Waals surface area contributed by atoms with Gasteiger partial charge in [0, 0.05) is 12.2 Å². The Hall–Kier alpha value is -1.14. The summed E-state index contributed by atoms with van der Waals surface area (Å²) >= 11 is 0. The number of nitrogens with one attached hydrogen (secondary N) is 1. The highest BCUT2D eigenvalue weighted by Crippen LogP contribution is 2.26. The summed E-state index contributed by atoms with van der Waals surface area (Å²) < 4.78 is 39.8. The number of nitrogen functional groups attached to an aromatic ring is 1. The second-order valence-corrected chi connectivity index (χ2v) is 7.06. The molecule has 1 rings (SSSR count). The zero-order chi connectivity index (χ0) is 14.0. The molecule has 0 fully saturated rings. The molecule has 0 amide bonds. The highest BCUT2D eigenvalue weighted by molar-refractivity contribution is 7.90. The Morgan fingerprint density at radius 2 is 2.06 bits per heavy atom. The average molecular weight is 274 g/mol. The van der Waals surface area contributed by atoms with Crippen LogP contribution in [0.3, 0.4) is 0 Å². The molecule has 0 heterocycles. The van der Waals surface area contributed by atoms with Crippen molar-refractivity contribution in [3.8, 4) is 0 Å². The lowest BCUT2D eigenvalue weighted by atomic mass is 9.98. The van der Waals surface area contributed by atoms with Crippen LogP contribution in [0.4, 0.5) is 10.1 Å². The van der Waals surface area contributed by atoms with Gasteiger partial charge in [0.25, 0.3) is 0 Å². The van der Waals surface area contributed by atoms with Crippen molar-refractivity contribution in [1.82, 2.24) is 4.72 Å². The minimum atomic E-state index is -3.47. The molecule has 0 saturated heterocycles. The Labute approximate surface area is 107 Å². The van der Waals surface area contributed by atoms with Crippen molar-refractivity contribution in [1.29, 1.82) is 0 Å². The van der Waals surface area contributed by atoms with E-state index in [1.807, 2.05) is 0 Å². The van der Waals surface area contributed by atoms with Crippen LogP contribution in [0.25, 0.3) is 0 Å². The van der Waals surface area contributed by atoms with Crippen molar-refractivity contribution in [2.24, 2.45) is 0 Å². The molecule has 18 heavy (non-hydrogen) atoms. The third kappa shape index (κ3) is 3.68. The molecule has 0 radical (unpaired) electrons. The molecule has 1 aromatic carbocycles. The maximum absolute atomic E-state index is 14.4. The van der Waals surface area contributed by atoms with Crippen molar-refractivity contribution < 1.29 is 12.8 Å². The molecule has 0 aliphatic rings. The molecule has 0 aromatic heterocycles. The Bertz CT molecular complexity index is 513. The lowest BCUT2D eigenvalue weighted by molar-refractivity contribution is 0.196. The van der Waals surface area contributed by atoms with Crippen LogP contribution in [-0.4, -0.2) is 20.2 Å². The van der Waals surface area contributed by atoms with Gasteiger partial charge in [0.05, 0.1) is 5.25 Å². The molecule has 0 aliphatic heterocycles. The number of benzene rings is 1. The third-order valence-corrected chi connectivity index (χ3v) is 4.50. The minimum Gasteiger partial charge on any atom is -0.399 e. The fourth-order valence-electron chi connectivity index (χ4n) is 1.37. The van der Waals surface area contributed by atoms with E-state index in [1.165, 1.54) is 13.0 Å². The van der Waals surface area contributed by atoms with Gasteiger partial charge in [-0.05, 0) is 38.5 Å². The van der Waals surface area contributed by atoms with Crippen LogP contribution in [-0.2, 0) is 15.7 Å². The van der Waals surface area contributed by atoms with Gasteiger partial charge in [0.2, 0.25) is 10.0 Å². The first kappa shape index (κ1) is 14.9. The summed E-state index contributed by atoms with van der Waals surface area (Å²) in [4.78, 5) is 0. The van der Waals surface area contributed by atoms with Crippen molar-refractivity contribution in [2.75, 3.05) is 12.3 Å². The quantitative estimate of drug-likeness (QED) is 0.804. The molecule has 1 aromatic rings. The first-order valence-electron chi connectivity index (χ1n) is 5.68. The maximum Gasteiger partial charge on any atom is 0.214 e. The largest absolute Gasteiger partial charge is 0.399 e. The van der Waals surface area contributed by atoms with Gasteiger partial charge in [0.1, 0.15) is 5.67 Å². The standard InChI is InChI=1S/C12H19FN2O2S/c1-9(2)18(16,17)15-8-12(3,13)10-5-4-6-11(14)7-10/h4-7,9,15H,8,14H2,1-3H3. The zero-order valence-corrected chi connectivity index (χ0v) is 11.6. The molecular formula is C12H19FN2O2S. The smallest absolute Gasteiger partial charge is 0.214 e. The normalized spacial score (nSPS) is 15.6.